The summed E-state index contributed by atoms with van der Waals surface area (Å²) in [6.07, 6.45) is 6.19. The predicted molar refractivity (Wildman–Crippen MR) is 93.7 cm³/mol. The molecule has 1 N–H and O–H groups in total. The van der Waals surface area contributed by atoms with Crippen LogP contribution in [-0.2, 0) is 23.5 Å². The van der Waals surface area contributed by atoms with Crippen molar-refractivity contribution in [3.8, 4) is 0 Å². The second kappa shape index (κ2) is 6.97. The number of likely N-dealkylation sites (N-methyl/N-ethyl adjacent to an activating group) is 1. The topological polar surface area (TPSA) is 84.3 Å². The van der Waals surface area contributed by atoms with Gasteiger partial charge in [-0.05, 0) is 49.1 Å². The predicted octanol–water partition coefficient (Wildman–Crippen LogP) is 1.18. The summed E-state index contributed by atoms with van der Waals surface area (Å²) in [5.41, 5.74) is 1.54. The first-order chi connectivity index (χ1) is 11.8. The lowest BCUT2D eigenvalue weighted by Crippen LogP contribution is -2.29. The summed E-state index contributed by atoms with van der Waals surface area (Å²) in [5, 5.41) is 4.11. The van der Waals surface area contributed by atoms with Crippen molar-refractivity contribution >= 4 is 15.9 Å². The molecule has 0 aliphatic heterocycles. The Morgan fingerprint density at radius 3 is 2.56 bits per heavy atom. The van der Waals surface area contributed by atoms with Gasteiger partial charge in [0, 0.05) is 38.4 Å². The maximum atomic E-state index is 12.5. The van der Waals surface area contributed by atoms with Gasteiger partial charge in [-0.15, -0.1) is 0 Å². The minimum atomic E-state index is -3.49. The summed E-state index contributed by atoms with van der Waals surface area (Å²) in [6, 6.07) is 6.14. The molecule has 1 fully saturated rings. The van der Waals surface area contributed by atoms with E-state index in [1.54, 1.807) is 35.0 Å². The van der Waals surface area contributed by atoms with Crippen LogP contribution < -0.4 is 4.72 Å². The first-order valence-electron chi connectivity index (χ1n) is 8.20. The smallest absolute Gasteiger partial charge is 0.253 e. The van der Waals surface area contributed by atoms with Gasteiger partial charge in [-0.2, -0.15) is 5.10 Å². The van der Waals surface area contributed by atoms with Crippen molar-refractivity contribution in [2.24, 2.45) is 7.05 Å². The minimum Gasteiger partial charge on any atom is -0.341 e. The second-order valence-electron chi connectivity index (χ2n) is 6.42. The highest BCUT2D eigenvalue weighted by Gasteiger charge is 2.28. The average molecular weight is 362 g/mol. The molecule has 1 heterocycles. The highest BCUT2D eigenvalue weighted by atomic mass is 32.2. The van der Waals surface area contributed by atoms with Gasteiger partial charge in [0.1, 0.15) is 0 Å². The van der Waals surface area contributed by atoms with Gasteiger partial charge in [-0.1, -0.05) is 0 Å². The number of rotatable bonds is 7. The number of hydrogen-bond acceptors (Lipinski definition) is 4. The number of hydrogen-bond donors (Lipinski definition) is 1. The Hall–Kier alpha value is -2.19. The van der Waals surface area contributed by atoms with Crippen LogP contribution in [0.2, 0.25) is 0 Å². The SMILES string of the molecule is CN(CCc1cnn(C)c1)C(=O)c1ccc(S(=O)(=O)NC2CC2)cc1. The van der Waals surface area contributed by atoms with Crippen LogP contribution in [0.4, 0.5) is 0 Å². The zero-order chi connectivity index (χ0) is 18.0. The van der Waals surface area contributed by atoms with Crippen molar-refractivity contribution in [2.75, 3.05) is 13.6 Å². The van der Waals surface area contributed by atoms with Gasteiger partial charge in [0.2, 0.25) is 10.0 Å². The molecule has 134 valence electrons. The van der Waals surface area contributed by atoms with E-state index in [4.69, 9.17) is 0 Å². The lowest BCUT2D eigenvalue weighted by molar-refractivity contribution is 0.0796. The number of amides is 1. The number of benzene rings is 1. The number of carbonyl (C=O) groups excluding carboxylic acids is 1. The Morgan fingerprint density at radius 2 is 2.00 bits per heavy atom. The summed E-state index contributed by atoms with van der Waals surface area (Å²) in [6.45, 7) is 0.563. The molecule has 3 rings (SSSR count). The number of aromatic nitrogens is 2. The first-order valence-corrected chi connectivity index (χ1v) is 9.69. The molecular formula is C17H22N4O3S. The quantitative estimate of drug-likeness (QED) is 0.801. The molecule has 1 amide bonds. The van der Waals surface area contributed by atoms with Crippen LogP contribution in [0.3, 0.4) is 0 Å². The number of nitrogens with one attached hydrogen (secondary N) is 1. The van der Waals surface area contributed by atoms with Gasteiger partial charge in [-0.3, -0.25) is 9.48 Å². The van der Waals surface area contributed by atoms with Crippen molar-refractivity contribution < 1.29 is 13.2 Å². The van der Waals surface area contributed by atoms with Gasteiger partial charge in [0.25, 0.3) is 5.91 Å². The fourth-order valence-corrected chi connectivity index (χ4v) is 3.79. The molecule has 8 heteroatoms. The van der Waals surface area contributed by atoms with E-state index >= 15 is 0 Å². The molecule has 1 aliphatic carbocycles. The first kappa shape index (κ1) is 17.6. The highest BCUT2D eigenvalue weighted by Crippen LogP contribution is 2.22. The molecule has 2 aromatic rings. The van der Waals surface area contributed by atoms with Crippen molar-refractivity contribution in [1.29, 1.82) is 0 Å². The van der Waals surface area contributed by atoms with Gasteiger partial charge >= 0.3 is 0 Å². The van der Waals surface area contributed by atoms with E-state index < -0.39 is 10.0 Å². The summed E-state index contributed by atoms with van der Waals surface area (Å²) in [7, 11) is 0.0995. The number of sulfonamides is 1. The molecule has 0 unspecified atom stereocenters. The molecular weight excluding hydrogens is 340 g/mol. The summed E-state index contributed by atoms with van der Waals surface area (Å²) >= 11 is 0. The lowest BCUT2D eigenvalue weighted by Gasteiger charge is -2.17. The van der Waals surface area contributed by atoms with E-state index in [1.807, 2.05) is 13.2 Å². The van der Waals surface area contributed by atoms with Crippen LogP contribution in [0.25, 0.3) is 0 Å². The third kappa shape index (κ3) is 4.46. The standard InChI is InChI=1S/C17H22N4O3S/c1-20(10-9-13-11-18-21(2)12-13)17(22)14-3-7-16(8-4-14)25(23,24)19-15-5-6-15/h3-4,7-8,11-12,15,19H,5-6,9-10H2,1-2H3. The normalized spacial score (nSPS) is 14.5. The zero-order valence-corrected chi connectivity index (χ0v) is 15.2. The number of carbonyl (C=O) groups is 1. The van der Waals surface area contributed by atoms with Gasteiger partial charge in [0.15, 0.2) is 0 Å². The van der Waals surface area contributed by atoms with Crippen molar-refractivity contribution in [1.82, 2.24) is 19.4 Å². The summed E-state index contributed by atoms with van der Waals surface area (Å²) in [4.78, 5) is 14.3. The van der Waals surface area contributed by atoms with Crippen LogP contribution in [0, 0.1) is 0 Å². The molecule has 25 heavy (non-hydrogen) atoms. The molecule has 1 aromatic heterocycles. The molecule has 1 aromatic carbocycles. The second-order valence-corrected chi connectivity index (χ2v) is 8.13. The molecule has 0 bridgehead atoms. The van der Waals surface area contributed by atoms with Crippen LogP contribution in [0.15, 0.2) is 41.6 Å². The Bertz CT molecular complexity index is 854. The average Bonchev–Trinajstić information content (AvgIpc) is 3.29. The Balaban J connectivity index is 1.61. The van der Waals surface area contributed by atoms with E-state index in [9.17, 15) is 13.2 Å². The summed E-state index contributed by atoms with van der Waals surface area (Å²) in [5.74, 6) is -0.136. The van der Waals surface area contributed by atoms with Crippen LogP contribution in [-0.4, -0.2) is 48.6 Å². The molecule has 0 saturated heterocycles. The van der Waals surface area contributed by atoms with Crippen molar-refractivity contribution in [2.45, 2.75) is 30.2 Å². The van der Waals surface area contributed by atoms with Crippen LogP contribution in [0.5, 0.6) is 0 Å². The largest absolute Gasteiger partial charge is 0.341 e. The third-order valence-corrected chi connectivity index (χ3v) is 5.69. The van der Waals surface area contributed by atoms with E-state index in [0.717, 1.165) is 18.4 Å². The number of aryl methyl sites for hydroxylation is 1. The molecule has 7 nitrogen and oxygen atoms in total. The lowest BCUT2D eigenvalue weighted by atomic mass is 10.2. The van der Waals surface area contributed by atoms with Gasteiger partial charge < -0.3 is 4.90 Å². The fourth-order valence-electron chi connectivity index (χ4n) is 2.49. The van der Waals surface area contributed by atoms with Crippen molar-refractivity contribution in [3.05, 3.63) is 47.8 Å². The van der Waals surface area contributed by atoms with Gasteiger partial charge in [-0.25, -0.2) is 13.1 Å². The Morgan fingerprint density at radius 1 is 1.32 bits per heavy atom. The van der Waals surface area contributed by atoms with Gasteiger partial charge in [0.05, 0.1) is 11.1 Å². The number of nitrogens with zero attached hydrogens (tertiary/aromatic N) is 3. The molecule has 0 atom stereocenters. The van der Waals surface area contributed by atoms with Crippen LogP contribution >= 0.6 is 0 Å². The molecule has 0 spiro atoms. The molecule has 1 aliphatic rings. The van der Waals surface area contributed by atoms with E-state index in [-0.39, 0.29) is 16.8 Å². The Kier molecular flexibility index (Phi) is 4.91. The monoisotopic (exact) mass is 362 g/mol. The molecule has 0 radical (unpaired) electrons. The maximum absolute atomic E-state index is 12.5. The fraction of sp³-hybridized carbons (Fsp3) is 0.412. The van der Waals surface area contributed by atoms with Crippen LogP contribution in [0.1, 0.15) is 28.8 Å². The van der Waals surface area contributed by atoms with E-state index in [1.165, 1.54) is 12.1 Å². The Labute approximate surface area is 147 Å². The highest BCUT2D eigenvalue weighted by molar-refractivity contribution is 7.89. The maximum Gasteiger partial charge on any atom is 0.253 e. The summed E-state index contributed by atoms with van der Waals surface area (Å²) < 4.78 is 28.6. The van der Waals surface area contributed by atoms with E-state index in [2.05, 4.69) is 9.82 Å². The van der Waals surface area contributed by atoms with Crippen molar-refractivity contribution in [3.63, 3.8) is 0 Å². The molecule has 1 saturated carbocycles. The van der Waals surface area contributed by atoms with E-state index in [0.29, 0.717) is 18.5 Å². The third-order valence-electron chi connectivity index (χ3n) is 4.15. The minimum absolute atomic E-state index is 0.0601. The zero-order valence-electron chi connectivity index (χ0n) is 14.3.